The van der Waals surface area contributed by atoms with Gasteiger partial charge in [-0.25, -0.2) is 0 Å². The van der Waals surface area contributed by atoms with E-state index in [9.17, 15) is 0 Å². The highest BCUT2D eigenvalue weighted by Gasteiger charge is 2.23. The molecule has 0 saturated heterocycles. The second-order valence-electron chi connectivity index (χ2n) is 5.18. The smallest absolute Gasteiger partial charge is 0.123 e. The van der Waals surface area contributed by atoms with Crippen molar-refractivity contribution in [3.05, 3.63) is 55.4 Å². The van der Waals surface area contributed by atoms with E-state index in [0.717, 1.165) is 38.4 Å². The van der Waals surface area contributed by atoms with E-state index in [-0.39, 0.29) is 6.10 Å². The molecule has 2 nitrogen and oxygen atoms in total. The zero-order chi connectivity index (χ0) is 15.0. The second-order valence-corrected chi connectivity index (χ2v) is 7.33. The molecule has 110 valence electrons. The van der Waals surface area contributed by atoms with Gasteiger partial charge in [0.05, 0.1) is 12.2 Å². The molecule has 1 heterocycles. The molecular formula is C16H14Br2ClNO. The Bertz CT molecular complexity index is 667. The number of aryl methyl sites for hydroxylation is 1. The highest BCUT2D eigenvalue weighted by atomic mass is 79.9. The number of anilines is 1. The highest BCUT2D eigenvalue weighted by Crippen LogP contribution is 2.34. The van der Waals surface area contributed by atoms with Gasteiger partial charge in [-0.3, -0.25) is 0 Å². The molecule has 1 unspecified atom stereocenters. The molecule has 0 aliphatic carbocycles. The summed E-state index contributed by atoms with van der Waals surface area (Å²) in [5.41, 5.74) is 3.44. The van der Waals surface area contributed by atoms with Crippen molar-refractivity contribution in [1.82, 2.24) is 0 Å². The third kappa shape index (κ3) is 3.38. The number of fused-ring (bicyclic) bond motifs is 1. The van der Waals surface area contributed by atoms with Crippen molar-refractivity contribution in [2.75, 3.05) is 11.9 Å². The largest absolute Gasteiger partial charge is 0.488 e. The Kier molecular flexibility index (Phi) is 4.48. The zero-order valence-electron chi connectivity index (χ0n) is 11.4. The Balaban J connectivity index is 1.68. The monoisotopic (exact) mass is 429 g/mol. The van der Waals surface area contributed by atoms with Crippen LogP contribution in [0.25, 0.3) is 0 Å². The molecule has 1 atom stereocenters. The minimum absolute atomic E-state index is 0.124. The molecule has 0 radical (unpaired) electrons. The number of hydrogen-bond donors (Lipinski definition) is 1. The predicted octanol–water partition coefficient (Wildman–Crippen LogP) is 5.59. The molecule has 5 heteroatoms. The van der Waals surface area contributed by atoms with Gasteiger partial charge in [0.1, 0.15) is 11.9 Å². The molecule has 0 aromatic heterocycles. The summed E-state index contributed by atoms with van der Waals surface area (Å²) >= 11 is 13.2. The lowest BCUT2D eigenvalue weighted by Gasteiger charge is -2.15. The first-order chi connectivity index (χ1) is 10.0. The quantitative estimate of drug-likeness (QED) is 0.684. The van der Waals surface area contributed by atoms with Crippen molar-refractivity contribution in [3.63, 3.8) is 0 Å². The van der Waals surface area contributed by atoms with E-state index in [1.165, 1.54) is 11.1 Å². The van der Waals surface area contributed by atoms with E-state index in [1.54, 1.807) is 0 Å². The van der Waals surface area contributed by atoms with Gasteiger partial charge in [-0.15, -0.1) is 0 Å². The van der Waals surface area contributed by atoms with Gasteiger partial charge in [0.2, 0.25) is 0 Å². The average molecular weight is 432 g/mol. The van der Waals surface area contributed by atoms with Gasteiger partial charge in [0.25, 0.3) is 0 Å². The van der Waals surface area contributed by atoms with Crippen molar-refractivity contribution in [3.8, 4) is 5.75 Å². The summed E-state index contributed by atoms with van der Waals surface area (Å²) in [6, 6.07) is 9.97. The van der Waals surface area contributed by atoms with Gasteiger partial charge >= 0.3 is 0 Å². The zero-order valence-corrected chi connectivity index (χ0v) is 15.3. The predicted molar refractivity (Wildman–Crippen MR) is 94.6 cm³/mol. The fourth-order valence-electron chi connectivity index (χ4n) is 2.49. The molecule has 3 rings (SSSR count). The van der Waals surface area contributed by atoms with E-state index in [2.05, 4.69) is 56.2 Å². The molecule has 1 aliphatic heterocycles. The average Bonchev–Trinajstić information content (AvgIpc) is 2.79. The molecule has 1 aliphatic rings. The third-order valence-corrected chi connectivity index (χ3v) is 4.94. The minimum Gasteiger partial charge on any atom is -0.488 e. The van der Waals surface area contributed by atoms with Gasteiger partial charge in [-0.1, -0.05) is 11.6 Å². The summed E-state index contributed by atoms with van der Waals surface area (Å²) in [7, 11) is 0. The Morgan fingerprint density at radius 1 is 1.24 bits per heavy atom. The number of hydrogen-bond acceptors (Lipinski definition) is 2. The van der Waals surface area contributed by atoms with E-state index in [0.29, 0.717) is 0 Å². The lowest BCUT2D eigenvalue weighted by atomic mass is 10.1. The van der Waals surface area contributed by atoms with Crippen LogP contribution in [0.15, 0.2) is 39.3 Å². The number of rotatable bonds is 3. The first kappa shape index (κ1) is 15.2. The van der Waals surface area contributed by atoms with E-state index >= 15 is 0 Å². The van der Waals surface area contributed by atoms with Gasteiger partial charge in [0.15, 0.2) is 0 Å². The van der Waals surface area contributed by atoms with Gasteiger partial charge < -0.3 is 10.1 Å². The van der Waals surface area contributed by atoms with E-state index in [4.69, 9.17) is 16.3 Å². The van der Waals surface area contributed by atoms with Crippen molar-refractivity contribution < 1.29 is 4.74 Å². The molecule has 2 aromatic carbocycles. The minimum atomic E-state index is 0.124. The van der Waals surface area contributed by atoms with Crippen LogP contribution in [-0.2, 0) is 6.42 Å². The van der Waals surface area contributed by atoms with Crippen LogP contribution in [0, 0.1) is 6.92 Å². The topological polar surface area (TPSA) is 21.3 Å². The van der Waals surface area contributed by atoms with E-state index < -0.39 is 0 Å². The first-order valence-corrected chi connectivity index (χ1v) is 8.64. The van der Waals surface area contributed by atoms with Crippen LogP contribution < -0.4 is 10.1 Å². The molecular weight excluding hydrogens is 417 g/mol. The van der Waals surface area contributed by atoms with Crippen molar-refractivity contribution in [1.29, 1.82) is 0 Å². The SMILES string of the molecule is Cc1cc(Br)c(NCC2Cc3cc(Cl)ccc3O2)c(Br)c1. The summed E-state index contributed by atoms with van der Waals surface area (Å²) in [6.45, 7) is 2.81. The van der Waals surface area contributed by atoms with Gasteiger partial charge in [-0.05, 0) is 80.2 Å². The van der Waals surface area contributed by atoms with Crippen LogP contribution in [0.4, 0.5) is 5.69 Å². The van der Waals surface area contributed by atoms with Crippen LogP contribution in [-0.4, -0.2) is 12.6 Å². The number of ether oxygens (including phenoxy) is 1. The fraction of sp³-hybridized carbons (Fsp3) is 0.250. The third-order valence-electron chi connectivity index (χ3n) is 3.46. The number of benzene rings is 2. The summed E-state index contributed by atoms with van der Waals surface area (Å²) < 4.78 is 8.03. The lowest BCUT2D eigenvalue weighted by molar-refractivity contribution is 0.246. The maximum atomic E-state index is 6.02. The first-order valence-electron chi connectivity index (χ1n) is 6.67. The molecule has 0 saturated carbocycles. The Morgan fingerprint density at radius 2 is 1.95 bits per heavy atom. The number of nitrogens with one attached hydrogen (secondary N) is 1. The summed E-state index contributed by atoms with van der Waals surface area (Å²) in [6.07, 6.45) is 1.00. The van der Waals surface area contributed by atoms with Crippen molar-refractivity contribution in [2.24, 2.45) is 0 Å². The normalized spacial score (nSPS) is 16.5. The van der Waals surface area contributed by atoms with E-state index in [1.807, 2.05) is 18.2 Å². The highest BCUT2D eigenvalue weighted by molar-refractivity contribution is 9.11. The van der Waals surface area contributed by atoms with Gasteiger partial charge in [-0.2, -0.15) is 0 Å². The number of halogens is 3. The summed E-state index contributed by atoms with van der Waals surface area (Å²) in [5.74, 6) is 0.938. The van der Waals surface area contributed by atoms with Crippen LogP contribution >= 0.6 is 43.5 Å². The summed E-state index contributed by atoms with van der Waals surface area (Å²) in [5, 5.41) is 4.21. The van der Waals surface area contributed by atoms with Crippen LogP contribution in [0.1, 0.15) is 11.1 Å². The molecule has 0 fully saturated rings. The second kappa shape index (κ2) is 6.19. The molecule has 2 aromatic rings. The Labute approximate surface area is 146 Å². The molecule has 0 amide bonds. The Hall–Kier alpha value is -0.710. The fourth-order valence-corrected chi connectivity index (χ4v) is 4.38. The maximum absolute atomic E-state index is 6.02. The summed E-state index contributed by atoms with van der Waals surface area (Å²) in [4.78, 5) is 0. The van der Waals surface area contributed by atoms with Crippen molar-refractivity contribution >= 4 is 49.1 Å². The lowest BCUT2D eigenvalue weighted by Crippen LogP contribution is -2.24. The van der Waals surface area contributed by atoms with Crippen LogP contribution in [0.3, 0.4) is 0 Å². The standard InChI is InChI=1S/C16H14Br2ClNO/c1-9-4-13(17)16(14(18)5-9)20-8-12-7-10-6-11(19)2-3-15(10)21-12/h2-6,12,20H,7-8H2,1H3. The van der Waals surface area contributed by atoms with Gasteiger partial charge in [0, 0.05) is 20.4 Å². The molecule has 0 spiro atoms. The molecule has 21 heavy (non-hydrogen) atoms. The van der Waals surface area contributed by atoms with Crippen LogP contribution in [0.2, 0.25) is 5.02 Å². The molecule has 0 bridgehead atoms. The van der Waals surface area contributed by atoms with Crippen LogP contribution in [0.5, 0.6) is 5.75 Å². The Morgan fingerprint density at radius 3 is 2.67 bits per heavy atom. The van der Waals surface area contributed by atoms with Crippen molar-refractivity contribution in [2.45, 2.75) is 19.4 Å². The maximum Gasteiger partial charge on any atom is 0.123 e. The molecule has 1 N–H and O–H groups in total.